The Hall–Kier alpha value is -2.76. The fourth-order valence-corrected chi connectivity index (χ4v) is 3.99. The van der Waals surface area contributed by atoms with Crippen LogP contribution in [0.25, 0.3) is 0 Å². The number of carbonyl (C=O) groups excluding carboxylic acids is 2. The molecule has 2 saturated heterocycles. The zero-order valence-corrected chi connectivity index (χ0v) is 17.0. The molecule has 1 aromatic heterocycles. The number of nitrogens with one attached hydrogen (secondary N) is 1. The molecule has 2 N–H and O–H groups in total. The molecule has 0 bridgehead atoms. The summed E-state index contributed by atoms with van der Waals surface area (Å²) in [7, 11) is 0. The molecule has 0 unspecified atom stereocenters. The van der Waals surface area contributed by atoms with Crippen LogP contribution in [0.1, 0.15) is 29.6 Å². The predicted molar refractivity (Wildman–Crippen MR) is 101 cm³/mol. The van der Waals surface area contributed by atoms with Gasteiger partial charge in [-0.05, 0) is 31.4 Å². The number of carbonyl (C=O) groups is 3. The van der Waals surface area contributed by atoms with E-state index in [4.69, 9.17) is 14.6 Å². The average Bonchev–Trinajstić information content (AvgIpc) is 3.31. The fourth-order valence-electron chi connectivity index (χ4n) is 3.99. The Morgan fingerprint density at radius 2 is 1.84 bits per heavy atom. The van der Waals surface area contributed by atoms with Crippen LogP contribution in [-0.2, 0) is 14.3 Å². The summed E-state index contributed by atoms with van der Waals surface area (Å²) in [6.07, 6.45) is -0.512. The van der Waals surface area contributed by atoms with Gasteiger partial charge in [-0.25, -0.2) is 9.18 Å². The lowest BCUT2D eigenvalue weighted by Gasteiger charge is -2.35. The Morgan fingerprint density at radius 1 is 1.22 bits per heavy atom. The summed E-state index contributed by atoms with van der Waals surface area (Å²) >= 11 is 0. The maximum absolute atomic E-state index is 14.4. The summed E-state index contributed by atoms with van der Waals surface area (Å²) in [5.74, 6) is -2.98. The molecule has 4 rings (SSSR count). The van der Waals surface area contributed by atoms with E-state index in [1.807, 2.05) is 0 Å². The number of likely N-dealkylation sites (tertiary alicyclic amines) is 1. The molecule has 3 heterocycles. The van der Waals surface area contributed by atoms with Crippen molar-refractivity contribution in [2.45, 2.75) is 37.2 Å². The van der Waals surface area contributed by atoms with Crippen molar-refractivity contribution in [2.24, 2.45) is 11.8 Å². The van der Waals surface area contributed by atoms with Crippen LogP contribution in [0, 0.1) is 11.8 Å². The molecule has 0 spiro atoms. The van der Waals surface area contributed by atoms with Gasteiger partial charge in [0, 0.05) is 49.4 Å². The number of pyridine rings is 1. The van der Waals surface area contributed by atoms with Crippen LogP contribution >= 0.6 is 0 Å². The van der Waals surface area contributed by atoms with Crippen LogP contribution < -0.4 is 5.32 Å². The summed E-state index contributed by atoms with van der Waals surface area (Å²) in [4.78, 5) is 38.9. The molecular weight excluding hydrogens is 438 g/mol. The molecule has 3 atom stereocenters. The van der Waals surface area contributed by atoms with Crippen LogP contribution in [-0.4, -0.2) is 77.0 Å². The van der Waals surface area contributed by atoms with E-state index in [0.717, 1.165) is 6.42 Å². The van der Waals surface area contributed by atoms with E-state index >= 15 is 0 Å². The van der Waals surface area contributed by atoms with Gasteiger partial charge in [0.25, 0.3) is 11.8 Å². The number of alkyl halides is 4. The standard InChI is InChI=1S/C18H22FN3O3.C2HF3O2/c19-18(4-1-5-18)17(24)22-9-14-13(11-25-15(14)10-22)8-21-16(23)12-2-6-20-7-3-12;3-2(4,5)1(6)7/h2-3,6-7,13-15H,1,4-5,8-11H2,(H,21,23);(H,6,7)/t13-,14-,15-;/m1./s1. The highest BCUT2D eigenvalue weighted by Crippen LogP contribution is 2.40. The Kier molecular flexibility index (Phi) is 7.01. The van der Waals surface area contributed by atoms with Gasteiger partial charge in [-0.1, -0.05) is 0 Å². The molecule has 3 fully saturated rings. The Bertz CT molecular complexity index is 847. The molecule has 32 heavy (non-hydrogen) atoms. The minimum Gasteiger partial charge on any atom is -0.475 e. The van der Waals surface area contributed by atoms with Crippen LogP contribution in [0.4, 0.5) is 17.6 Å². The Morgan fingerprint density at radius 3 is 2.38 bits per heavy atom. The van der Waals surface area contributed by atoms with Crippen molar-refractivity contribution in [3.8, 4) is 0 Å². The lowest BCUT2D eigenvalue weighted by molar-refractivity contribution is -0.192. The van der Waals surface area contributed by atoms with E-state index in [2.05, 4.69) is 10.3 Å². The molecule has 12 heteroatoms. The van der Waals surface area contributed by atoms with Crippen LogP contribution in [0.5, 0.6) is 0 Å². The number of halogens is 4. The number of nitrogens with zero attached hydrogens (tertiary/aromatic N) is 2. The van der Waals surface area contributed by atoms with Gasteiger partial charge in [-0.3, -0.25) is 14.6 Å². The third-order valence-electron chi connectivity index (χ3n) is 5.97. The zero-order chi connectivity index (χ0) is 23.5. The van der Waals surface area contributed by atoms with Crippen molar-refractivity contribution in [2.75, 3.05) is 26.2 Å². The van der Waals surface area contributed by atoms with Crippen molar-refractivity contribution in [3.63, 3.8) is 0 Å². The fraction of sp³-hybridized carbons (Fsp3) is 0.600. The molecule has 2 aliphatic heterocycles. The van der Waals surface area contributed by atoms with Gasteiger partial charge in [0.05, 0.1) is 12.7 Å². The molecule has 1 saturated carbocycles. The highest BCUT2D eigenvalue weighted by Gasteiger charge is 2.52. The number of hydrogen-bond donors (Lipinski definition) is 2. The van der Waals surface area contributed by atoms with E-state index in [1.165, 1.54) is 0 Å². The van der Waals surface area contributed by atoms with Gasteiger partial charge in [-0.15, -0.1) is 0 Å². The van der Waals surface area contributed by atoms with E-state index in [9.17, 15) is 27.2 Å². The molecule has 1 aliphatic carbocycles. The Labute approximate surface area is 180 Å². The third kappa shape index (κ3) is 5.34. The molecular formula is C20H23F4N3O5. The average molecular weight is 461 g/mol. The molecule has 1 aromatic rings. The first-order valence-electron chi connectivity index (χ1n) is 10.1. The van der Waals surface area contributed by atoms with Gasteiger partial charge in [-0.2, -0.15) is 13.2 Å². The number of ether oxygens (including phenoxy) is 1. The number of carboxylic acids is 1. The topological polar surface area (TPSA) is 109 Å². The van der Waals surface area contributed by atoms with Gasteiger partial charge >= 0.3 is 12.1 Å². The summed E-state index contributed by atoms with van der Waals surface area (Å²) < 4.78 is 51.9. The first kappa shape index (κ1) is 23.9. The number of rotatable bonds is 4. The second-order valence-electron chi connectivity index (χ2n) is 8.07. The lowest BCUT2D eigenvalue weighted by atomic mass is 9.81. The van der Waals surface area contributed by atoms with Crippen LogP contribution in [0.15, 0.2) is 24.5 Å². The smallest absolute Gasteiger partial charge is 0.475 e. The van der Waals surface area contributed by atoms with Gasteiger partial charge < -0.3 is 20.1 Å². The predicted octanol–water partition coefficient (Wildman–Crippen LogP) is 1.81. The molecule has 3 aliphatic rings. The van der Waals surface area contributed by atoms with Crippen molar-refractivity contribution in [3.05, 3.63) is 30.1 Å². The van der Waals surface area contributed by atoms with Gasteiger partial charge in [0.15, 0.2) is 5.67 Å². The first-order valence-corrected chi connectivity index (χ1v) is 10.1. The number of carboxylic acid groups (broad SMARTS) is 1. The highest BCUT2D eigenvalue weighted by molar-refractivity contribution is 5.94. The number of amides is 2. The van der Waals surface area contributed by atoms with Gasteiger partial charge in [0.2, 0.25) is 0 Å². The van der Waals surface area contributed by atoms with Crippen molar-refractivity contribution in [1.82, 2.24) is 15.2 Å². The highest BCUT2D eigenvalue weighted by atomic mass is 19.4. The van der Waals surface area contributed by atoms with Gasteiger partial charge in [0.1, 0.15) is 0 Å². The van der Waals surface area contributed by atoms with E-state index in [0.29, 0.717) is 44.6 Å². The van der Waals surface area contributed by atoms with Crippen molar-refractivity contribution in [1.29, 1.82) is 0 Å². The lowest BCUT2D eigenvalue weighted by Crippen LogP contribution is -2.50. The quantitative estimate of drug-likeness (QED) is 0.663. The second kappa shape index (κ2) is 9.39. The van der Waals surface area contributed by atoms with E-state index < -0.39 is 17.8 Å². The SMILES string of the molecule is O=C(NC[C@@H]1CO[C@@H]2CN(C(=O)C3(F)CCC3)C[C@H]12)c1ccncc1.O=C(O)C(F)(F)F. The minimum absolute atomic E-state index is 0.0459. The maximum Gasteiger partial charge on any atom is 0.490 e. The summed E-state index contributed by atoms with van der Waals surface area (Å²) in [6, 6.07) is 3.33. The monoisotopic (exact) mass is 461 g/mol. The van der Waals surface area contributed by atoms with E-state index in [-0.39, 0.29) is 29.8 Å². The molecule has 0 aromatic carbocycles. The summed E-state index contributed by atoms with van der Waals surface area (Å²) in [5, 5.41) is 10.1. The zero-order valence-electron chi connectivity index (χ0n) is 17.0. The molecule has 0 radical (unpaired) electrons. The minimum atomic E-state index is -5.08. The number of aromatic nitrogens is 1. The first-order chi connectivity index (χ1) is 15.0. The summed E-state index contributed by atoms with van der Waals surface area (Å²) in [5.41, 5.74) is -1.08. The van der Waals surface area contributed by atoms with E-state index in [1.54, 1.807) is 29.4 Å². The molecule has 2 amide bonds. The van der Waals surface area contributed by atoms with Crippen molar-refractivity contribution < 1.29 is 41.8 Å². The normalized spacial score (nSPS) is 25.8. The van der Waals surface area contributed by atoms with Crippen LogP contribution in [0.3, 0.4) is 0 Å². The number of aliphatic carboxylic acids is 1. The Balaban J connectivity index is 0.000000360. The third-order valence-corrected chi connectivity index (χ3v) is 5.97. The van der Waals surface area contributed by atoms with Crippen molar-refractivity contribution >= 4 is 17.8 Å². The number of hydrogen-bond acceptors (Lipinski definition) is 5. The maximum atomic E-state index is 14.4. The molecule has 8 nitrogen and oxygen atoms in total. The largest absolute Gasteiger partial charge is 0.490 e. The summed E-state index contributed by atoms with van der Waals surface area (Å²) in [6.45, 7) is 2.04. The number of fused-ring (bicyclic) bond motifs is 1. The van der Waals surface area contributed by atoms with Crippen LogP contribution in [0.2, 0.25) is 0 Å². The molecule has 176 valence electrons. The second-order valence-corrected chi connectivity index (χ2v) is 8.07.